The first-order valence-electron chi connectivity index (χ1n) is 11.4. The average Bonchev–Trinajstić information content (AvgIpc) is 2.68. The third-order valence-electron chi connectivity index (χ3n) is 5.51. The number of carbonyl (C=O) groups excluding carboxylic acids is 1. The predicted octanol–water partition coefficient (Wildman–Crippen LogP) is 6.74. The first-order valence-corrected chi connectivity index (χ1v) is 11.4. The smallest absolute Gasteiger partial charge is 0.335 e. The van der Waals surface area contributed by atoms with E-state index in [1.54, 1.807) is 0 Å². The molecule has 0 bridgehead atoms. The highest BCUT2D eigenvalue weighted by molar-refractivity contribution is 5.95. The number of esters is 1. The fraction of sp³-hybridized carbons (Fsp3) is 0.750. The van der Waals surface area contributed by atoms with Crippen molar-refractivity contribution in [1.82, 2.24) is 0 Å². The van der Waals surface area contributed by atoms with Crippen LogP contribution >= 0.6 is 0 Å². The first kappa shape index (κ1) is 24.5. The third kappa shape index (κ3) is 11.3. The summed E-state index contributed by atoms with van der Waals surface area (Å²) < 4.78 is 5.64. The highest BCUT2D eigenvalue weighted by Crippen LogP contribution is 2.23. The van der Waals surface area contributed by atoms with Crippen LogP contribution in [0.5, 0.6) is 0 Å². The Morgan fingerprint density at radius 2 is 1.46 bits per heavy atom. The Hall–Kier alpha value is -1.58. The highest BCUT2D eigenvalue weighted by atomic mass is 16.5. The SMILES string of the molecule is C=C(C=C(CCCCCCCCCCCC)C(=O)OC1CCCCC1)C(=O)O. The summed E-state index contributed by atoms with van der Waals surface area (Å²) in [5.74, 6) is -1.45. The van der Waals surface area contributed by atoms with E-state index >= 15 is 0 Å². The molecule has 0 amide bonds. The minimum atomic E-state index is -1.09. The van der Waals surface area contributed by atoms with Gasteiger partial charge in [-0.15, -0.1) is 0 Å². The van der Waals surface area contributed by atoms with Gasteiger partial charge in [-0.3, -0.25) is 0 Å². The van der Waals surface area contributed by atoms with Gasteiger partial charge in [0.05, 0.1) is 5.57 Å². The van der Waals surface area contributed by atoms with Gasteiger partial charge in [-0.2, -0.15) is 0 Å². The molecule has 0 aromatic carbocycles. The van der Waals surface area contributed by atoms with Crippen molar-refractivity contribution in [1.29, 1.82) is 0 Å². The number of aliphatic carboxylic acids is 1. The van der Waals surface area contributed by atoms with Crippen LogP contribution < -0.4 is 0 Å². The van der Waals surface area contributed by atoms with Gasteiger partial charge >= 0.3 is 11.9 Å². The van der Waals surface area contributed by atoms with Gasteiger partial charge in [-0.1, -0.05) is 77.7 Å². The van der Waals surface area contributed by atoms with Crippen molar-refractivity contribution < 1.29 is 19.4 Å². The molecule has 0 atom stereocenters. The molecule has 0 aliphatic heterocycles. The Labute approximate surface area is 171 Å². The monoisotopic (exact) mass is 392 g/mol. The number of carboxylic acid groups (broad SMARTS) is 1. The zero-order valence-electron chi connectivity index (χ0n) is 17.8. The quantitative estimate of drug-likeness (QED) is 0.145. The Balaban J connectivity index is 2.34. The van der Waals surface area contributed by atoms with Crippen LogP contribution in [0.1, 0.15) is 110 Å². The Kier molecular flexibility index (Phi) is 13.4. The Morgan fingerprint density at radius 3 is 2.00 bits per heavy atom. The average molecular weight is 393 g/mol. The third-order valence-corrected chi connectivity index (χ3v) is 5.51. The van der Waals surface area contributed by atoms with Crippen molar-refractivity contribution in [2.24, 2.45) is 0 Å². The van der Waals surface area contributed by atoms with Crippen LogP contribution in [0.3, 0.4) is 0 Å². The highest BCUT2D eigenvalue weighted by Gasteiger charge is 2.20. The van der Waals surface area contributed by atoms with Crippen LogP contribution in [0.2, 0.25) is 0 Å². The van der Waals surface area contributed by atoms with E-state index in [0.29, 0.717) is 12.0 Å². The van der Waals surface area contributed by atoms with Crippen molar-refractivity contribution in [3.05, 3.63) is 23.8 Å². The molecule has 0 spiro atoms. The zero-order chi connectivity index (χ0) is 20.6. The number of rotatable bonds is 15. The second kappa shape index (κ2) is 15.4. The van der Waals surface area contributed by atoms with Gasteiger partial charge in [-0.05, 0) is 44.6 Å². The molecule has 1 N–H and O–H groups in total. The molecule has 160 valence electrons. The van der Waals surface area contributed by atoms with Crippen LogP contribution in [0.4, 0.5) is 0 Å². The van der Waals surface area contributed by atoms with Crippen molar-refractivity contribution in [3.8, 4) is 0 Å². The largest absolute Gasteiger partial charge is 0.478 e. The van der Waals surface area contributed by atoms with Gasteiger partial charge < -0.3 is 9.84 Å². The molecule has 0 unspecified atom stereocenters. The van der Waals surface area contributed by atoms with Gasteiger partial charge in [0.2, 0.25) is 0 Å². The lowest BCUT2D eigenvalue weighted by Gasteiger charge is -2.22. The van der Waals surface area contributed by atoms with Gasteiger partial charge in [0, 0.05) is 5.57 Å². The summed E-state index contributed by atoms with van der Waals surface area (Å²) >= 11 is 0. The van der Waals surface area contributed by atoms with E-state index in [2.05, 4.69) is 13.5 Å². The van der Waals surface area contributed by atoms with Crippen LogP contribution in [-0.2, 0) is 14.3 Å². The summed E-state index contributed by atoms with van der Waals surface area (Å²) in [4.78, 5) is 23.6. The number of unbranched alkanes of at least 4 members (excludes halogenated alkanes) is 9. The van der Waals surface area contributed by atoms with Crippen molar-refractivity contribution in [2.45, 2.75) is 116 Å². The van der Waals surface area contributed by atoms with E-state index in [-0.39, 0.29) is 17.6 Å². The summed E-state index contributed by atoms with van der Waals surface area (Å²) in [5, 5.41) is 9.08. The van der Waals surface area contributed by atoms with Crippen molar-refractivity contribution >= 4 is 11.9 Å². The molecule has 28 heavy (non-hydrogen) atoms. The number of hydrogen-bond donors (Lipinski definition) is 1. The molecule has 1 saturated carbocycles. The molecular weight excluding hydrogens is 352 g/mol. The fourth-order valence-electron chi connectivity index (χ4n) is 3.72. The molecule has 4 heteroatoms. The molecule has 0 aromatic heterocycles. The van der Waals surface area contributed by atoms with Crippen molar-refractivity contribution in [2.75, 3.05) is 0 Å². The van der Waals surface area contributed by atoms with Crippen LogP contribution in [0, 0.1) is 0 Å². The minimum Gasteiger partial charge on any atom is -0.478 e. The second-order valence-corrected chi connectivity index (χ2v) is 8.10. The summed E-state index contributed by atoms with van der Waals surface area (Å²) in [7, 11) is 0. The molecule has 1 aliphatic carbocycles. The van der Waals surface area contributed by atoms with Crippen LogP contribution in [-0.4, -0.2) is 23.1 Å². The molecule has 4 nitrogen and oxygen atoms in total. The zero-order valence-corrected chi connectivity index (χ0v) is 17.8. The Bertz CT molecular complexity index is 501. The molecule has 0 aromatic rings. The fourth-order valence-corrected chi connectivity index (χ4v) is 3.72. The van der Waals surface area contributed by atoms with E-state index in [1.165, 1.54) is 63.9 Å². The maximum Gasteiger partial charge on any atom is 0.335 e. The number of hydrogen-bond acceptors (Lipinski definition) is 3. The molecule has 1 fully saturated rings. The maximum atomic E-state index is 12.5. The normalized spacial score (nSPS) is 15.4. The van der Waals surface area contributed by atoms with E-state index in [1.807, 2.05) is 0 Å². The molecule has 1 aliphatic rings. The topological polar surface area (TPSA) is 63.6 Å². The summed E-state index contributed by atoms with van der Waals surface area (Å²) in [6, 6.07) is 0. The molecule has 0 radical (unpaired) electrons. The van der Waals surface area contributed by atoms with Gasteiger partial charge in [0.1, 0.15) is 6.10 Å². The minimum absolute atomic E-state index is 0.0181. The summed E-state index contributed by atoms with van der Waals surface area (Å²) in [6.07, 6.45) is 19.4. The Morgan fingerprint density at radius 1 is 0.929 bits per heavy atom. The van der Waals surface area contributed by atoms with E-state index < -0.39 is 5.97 Å². The molecule has 1 rings (SSSR count). The van der Waals surface area contributed by atoms with E-state index in [4.69, 9.17) is 9.84 Å². The number of carboxylic acids is 1. The second-order valence-electron chi connectivity index (χ2n) is 8.10. The van der Waals surface area contributed by atoms with Gasteiger partial charge in [0.15, 0.2) is 0 Å². The van der Waals surface area contributed by atoms with Crippen molar-refractivity contribution in [3.63, 3.8) is 0 Å². The maximum absolute atomic E-state index is 12.5. The van der Waals surface area contributed by atoms with Crippen LogP contribution in [0.15, 0.2) is 23.8 Å². The lowest BCUT2D eigenvalue weighted by atomic mass is 9.97. The van der Waals surface area contributed by atoms with E-state index in [9.17, 15) is 9.59 Å². The molecule has 0 heterocycles. The van der Waals surface area contributed by atoms with E-state index in [0.717, 1.165) is 38.5 Å². The van der Waals surface area contributed by atoms with Gasteiger partial charge in [0.25, 0.3) is 0 Å². The number of carbonyl (C=O) groups is 2. The van der Waals surface area contributed by atoms with Crippen LogP contribution in [0.25, 0.3) is 0 Å². The molecular formula is C24H40O4. The number of ether oxygens (including phenoxy) is 1. The lowest BCUT2D eigenvalue weighted by Crippen LogP contribution is -2.22. The standard InChI is InChI=1S/C24H40O4/c1-3-4-5-6-7-8-9-10-11-13-16-21(19-20(2)23(25)26)24(27)28-22-17-14-12-15-18-22/h19,22H,2-18H2,1H3,(H,25,26). The lowest BCUT2D eigenvalue weighted by molar-refractivity contribution is -0.145. The summed E-state index contributed by atoms with van der Waals surface area (Å²) in [6.45, 7) is 5.77. The first-order chi connectivity index (χ1) is 13.5. The molecule has 0 saturated heterocycles. The summed E-state index contributed by atoms with van der Waals surface area (Å²) in [5.41, 5.74) is 0.403. The predicted molar refractivity (Wildman–Crippen MR) is 114 cm³/mol. The van der Waals surface area contributed by atoms with Gasteiger partial charge in [-0.25, -0.2) is 9.59 Å².